The van der Waals surface area contributed by atoms with Gasteiger partial charge in [0.15, 0.2) is 0 Å². The first-order chi connectivity index (χ1) is 11.8. The van der Waals surface area contributed by atoms with Crippen LogP contribution >= 0.6 is 0 Å². The molecule has 25 heavy (non-hydrogen) atoms. The number of hydrogen-bond donors (Lipinski definition) is 0. The predicted molar refractivity (Wildman–Crippen MR) is 83.1 cm³/mol. The molecule has 0 bridgehead atoms. The lowest BCUT2D eigenvalue weighted by Gasteiger charge is -2.22. The average Bonchev–Trinajstić information content (AvgIpc) is 3.37. The van der Waals surface area contributed by atoms with Crippen LogP contribution in [0.5, 0.6) is 5.75 Å². The Hall–Kier alpha value is -2.13. The van der Waals surface area contributed by atoms with Gasteiger partial charge in [-0.25, -0.2) is 8.42 Å². The number of alkyl halides is 3. The third-order valence-corrected chi connectivity index (χ3v) is 5.62. The minimum atomic E-state index is -4.82. The van der Waals surface area contributed by atoms with Gasteiger partial charge in [-0.2, -0.15) is 4.31 Å². The van der Waals surface area contributed by atoms with Crippen molar-refractivity contribution in [2.75, 3.05) is 0 Å². The second kappa shape index (κ2) is 6.64. The van der Waals surface area contributed by atoms with Crippen LogP contribution in [0.1, 0.15) is 18.4 Å². The smallest absolute Gasteiger partial charge is 0.406 e. The van der Waals surface area contributed by atoms with Crippen LogP contribution in [0.15, 0.2) is 53.7 Å². The first kappa shape index (κ1) is 17.7. The van der Waals surface area contributed by atoms with Crippen LogP contribution in [0.2, 0.25) is 0 Å². The molecule has 1 fully saturated rings. The summed E-state index contributed by atoms with van der Waals surface area (Å²) in [6, 6.07) is 7.60. The number of halogens is 3. The van der Waals surface area contributed by atoms with E-state index in [-0.39, 0.29) is 17.5 Å². The van der Waals surface area contributed by atoms with Crippen LogP contribution in [0.4, 0.5) is 13.2 Å². The Labute approximate surface area is 143 Å². The van der Waals surface area contributed by atoms with Crippen LogP contribution < -0.4 is 4.74 Å². The molecule has 1 aliphatic carbocycles. The van der Waals surface area contributed by atoms with Gasteiger partial charge in [-0.15, -0.1) is 13.2 Å². The molecule has 9 heteroatoms. The quantitative estimate of drug-likeness (QED) is 0.780. The van der Waals surface area contributed by atoms with E-state index >= 15 is 0 Å². The highest BCUT2D eigenvalue weighted by Crippen LogP contribution is 2.34. The molecule has 1 saturated carbocycles. The number of rotatable bonds is 6. The van der Waals surface area contributed by atoms with E-state index in [9.17, 15) is 21.6 Å². The van der Waals surface area contributed by atoms with Crippen molar-refractivity contribution in [2.24, 2.45) is 0 Å². The van der Waals surface area contributed by atoms with Gasteiger partial charge in [-0.05, 0) is 54.8 Å². The van der Waals surface area contributed by atoms with Gasteiger partial charge in [0.2, 0.25) is 10.0 Å². The molecule has 2 aromatic rings. The number of hydrogen-bond acceptors (Lipinski definition) is 4. The van der Waals surface area contributed by atoms with Gasteiger partial charge in [0.1, 0.15) is 5.75 Å². The van der Waals surface area contributed by atoms with E-state index in [1.165, 1.54) is 4.31 Å². The average molecular weight is 372 g/mol. The summed E-state index contributed by atoms with van der Waals surface area (Å²) in [6.07, 6.45) is -0.131. The predicted octanol–water partition coefficient (Wildman–Crippen LogP) is 3.33. The van der Waals surface area contributed by atoms with Crippen LogP contribution in [-0.2, 0) is 16.6 Å². The van der Waals surface area contributed by atoms with E-state index < -0.39 is 22.1 Å². The van der Waals surface area contributed by atoms with Crippen molar-refractivity contribution in [1.82, 2.24) is 9.29 Å². The molecule has 0 radical (unpaired) electrons. The molecule has 0 amide bonds. The van der Waals surface area contributed by atoms with Crippen molar-refractivity contribution in [3.63, 3.8) is 0 Å². The Morgan fingerprint density at radius 2 is 1.68 bits per heavy atom. The fourth-order valence-corrected chi connectivity index (χ4v) is 4.06. The van der Waals surface area contributed by atoms with Crippen molar-refractivity contribution >= 4 is 10.0 Å². The molecule has 0 N–H and O–H groups in total. The zero-order valence-corrected chi connectivity index (χ0v) is 13.8. The highest BCUT2D eigenvalue weighted by Gasteiger charge is 2.38. The van der Waals surface area contributed by atoms with Crippen molar-refractivity contribution in [1.29, 1.82) is 0 Å². The first-order valence-corrected chi connectivity index (χ1v) is 8.96. The summed E-state index contributed by atoms with van der Waals surface area (Å²) in [4.78, 5) is 3.83. The third kappa shape index (κ3) is 4.49. The van der Waals surface area contributed by atoms with E-state index in [1.54, 1.807) is 24.5 Å². The summed E-state index contributed by atoms with van der Waals surface area (Å²) >= 11 is 0. The van der Waals surface area contributed by atoms with E-state index in [4.69, 9.17) is 0 Å². The zero-order chi connectivity index (χ0) is 18.1. The minimum absolute atomic E-state index is 0.0667. The molecule has 1 heterocycles. The molecular formula is C16H15F3N2O3S. The standard InChI is InChI=1S/C16H15F3N2O3S/c17-16(18,19)24-14-3-5-15(6-4-14)25(22,23)21(13-1-2-13)11-12-7-9-20-10-8-12/h3-10,13H,1-2,11H2. The molecular weight excluding hydrogens is 357 g/mol. The highest BCUT2D eigenvalue weighted by molar-refractivity contribution is 7.89. The van der Waals surface area contributed by atoms with Crippen molar-refractivity contribution < 1.29 is 26.3 Å². The number of aromatic nitrogens is 1. The molecule has 3 rings (SSSR count). The molecule has 1 aliphatic rings. The topological polar surface area (TPSA) is 59.5 Å². The number of sulfonamides is 1. The van der Waals surface area contributed by atoms with Gasteiger partial charge in [0, 0.05) is 25.0 Å². The molecule has 0 unspecified atom stereocenters. The Morgan fingerprint density at radius 1 is 1.08 bits per heavy atom. The van der Waals surface area contributed by atoms with Crippen LogP contribution in [0.3, 0.4) is 0 Å². The van der Waals surface area contributed by atoms with Crippen LogP contribution in [0.25, 0.3) is 0 Å². The number of nitrogens with zero attached hydrogens (tertiary/aromatic N) is 2. The maximum absolute atomic E-state index is 12.9. The first-order valence-electron chi connectivity index (χ1n) is 7.52. The summed E-state index contributed by atoms with van der Waals surface area (Å²) in [5.74, 6) is -0.460. The Bertz CT molecular complexity index is 820. The summed E-state index contributed by atoms with van der Waals surface area (Å²) in [7, 11) is -3.82. The lowest BCUT2D eigenvalue weighted by molar-refractivity contribution is -0.274. The van der Waals surface area contributed by atoms with Gasteiger partial charge < -0.3 is 4.74 Å². The molecule has 0 aliphatic heterocycles. The van der Waals surface area contributed by atoms with Gasteiger partial charge in [-0.1, -0.05) is 0 Å². The Kier molecular flexibility index (Phi) is 4.70. The molecule has 0 saturated heterocycles. The SMILES string of the molecule is O=S(=O)(c1ccc(OC(F)(F)F)cc1)N(Cc1ccncc1)C1CC1. The largest absolute Gasteiger partial charge is 0.573 e. The second-order valence-corrected chi connectivity index (χ2v) is 7.55. The third-order valence-electron chi connectivity index (χ3n) is 3.71. The second-order valence-electron chi connectivity index (χ2n) is 5.66. The van der Waals surface area contributed by atoms with E-state index in [2.05, 4.69) is 9.72 Å². The van der Waals surface area contributed by atoms with Crippen molar-refractivity contribution in [3.05, 3.63) is 54.4 Å². The summed E-state index contributed by atoms with van der Waals surface area (Å²) in [6.45, 7) is 0.191. The van der Waals surface area contributed by atoms with Crippen molar-refractivity contribution in [3.8, 4) is 5.75 Å². The lowest BCUT2D eigenvalue weighted by Crippen LogP contribution is -2.32. The molecule has 0 atom stereocenters. The monoisotopic (exact) mass is 372 g/mol. The van der Waals surface area contributed by atoms with E-state index in [1.807, 2.05) is 0 Å². The number of pyridine rings is 1. The Balaban J connectivity index is 1.83. The fraction of sp³-hybridized carbons (Fsp3) is 0.312. The van der Waals surface area contributed by atoms with Crippen LogP contribution in [-0.4, -0.2) is 30.1 Å². The maximum atomic E-state index is 12.9. The summed E-state index contributed by atoms with van der Waals surface area (Å²) < 4.78 is 67.5. The fourth-order valence-electron chi connectivity index (χ4n) is 2.39. The van der Waals surface area contributed by atoms with Gasteiger partial charge >= 0.3 is 6.36 Å². The van der Waals surface area contributed by atoms with Gasteiger partial charge in [-0.3, -0.25) is 4.98 Å². The number of ether oxygens (including phenoxy) is 1. The normalized spacial score (nSPS) is 15.4. The van der Waals surface area contributed by atoms with Gasteiger partial charge in [0.05, 0.1) is 4.90 Å². The van der Waals surface area contributed by atoms with Gasteiger partial charge in [0.25, 0.3) is 0 Å². The maximum Gasteiger partial charge on any atom is 0.573 e. The molecule has 1 aromatic heterocycles. The zero-order valence-electron chi connectivity index (χ0n) is 13.0. The highest BCUT2D eigenvalue weighted by atomic mass is 32.2. The number of benzene rings is 1. The molecule has 0 spiro atoms. The van der Waals surface area contributed by atoms with Crippen molar-refractivity contribution in [2.45, 2.75) is 36.7 Å². The summed E-state index contributed by atoms with van der Waals surface area (Å²) in [5, 5.41) is 0. The summed E-state index contributed by atoms with van der Waals surface area (Å²) in [5.41, 5.74) is 0.794. The molecule has 134 valence electrons. The minimum Gasteiger partial charge on any atom is -0.406 e. The lowest BCUT2D eigenvalue weighted by atomic mass is 10.3. The Morgan fingerprint density at radius 3 is 2.20 bits per heavy atom. The van der Waals surface area contributed by atoms with E-state index in [0.717, 1.165) is 42.7 Å². The molecule has 5 nitrogen and oxygen atoms in total. The van der Waals surface area contributed by atoms with Crippen LogP contribution in [0, 0.1) is 0 Å². The van der Waals surface area contributed by atoms with E-state index in [0.29, 0.717) is 0 Å². The molecule has 1 aromatic carbocycles.